The van der Waals surface area contributed by atoms with E-state index in [2.05, 4.69) is 19.9 Å². The first kappa shape index (κ1) is 33.7. The number of halogens is 1. The molecule has 1 saturated heterocycles. The molecule has 0 aliphatic carbocycles. The summed E-state index contributed by atoms with van der Waals surface area (Å²) in [7, 11) is 3.22. The maximum Gasteiger partial charge on any atom is 0.272 e. The van der Waals surface area contributed by atoms with Gasteiger partial charge in [0.1, 0.15) is 22.7 Å². The molecule has 2 amide bonds. The third kappa shape index (κ3) is 6.34. The average Bonchev–Trinajstić information content (AvgIpc) is 3.67. The Labute approximate surface area is 289 Å². The van der Waals surface area contributed by atoms with Crippen molar-refractivity contribution >= 4 is 33.9 Å². The molecule has 7 rings (SSSR count). The molecule has 3 atom stereocenters. The maximum atomic E-state index is 16.2. The summed E-state index contributed by atoms with van der Waals surface area (Å²) in [6.07, 6.45) is 6.79. The lowest BCUT2D eigenvalue weighted by atomic mass is 10.0. The first-order chi connectivity index (χ1) is 24.3. The van der Waals surface area contributed by atoms with Crippen molar-refractivity contribution in [3.63, 3.8) is 0 Å². The van der Waals surface area contributed by atoms with Crippen molar-refractivity contribution in [3.8, 4) is 11.5 Å². The van der Waals surface area contributed by atoms with Gasteiger partial charge in [0, 0.05) is 69.8 Å². The van der Waals surface area contributed by atoms with Crippen LogP contribution in [0.15, 0.2) is 42.7 Å². The van der Waals surface area contributed by atoms with Gasteiger partial charge in [-0.2, -0.15) is 0 Å². The number of amides is 2. The number of pyridine rings is 1. The molecule has 0 spiro atoms. The SMILES string of the molecule is COCCn1c(-c2cc3ccc4nc3n2CCCCCc2nccnc2C(=O)N[C@@H]4C)nc2cc(C(=O)N3CC[C@@H](OC)[C@@H](N)C3)cc(F)c21. The lowest BCUT2D eigenvalue weighted by Gasteiger charge is -2.35. The highest BCUT2D eigenvalue weighted by Crippen LogP contribution is 2.33. The molecule has 2 aliphatic rings. The van der Waals surface area contributed by atoms with Crippen LogP contribution in [0.5, 0.6) is 0 Å². The quantitative estimate of drug-likeness (QED) is 0.270. The van der Waals surface area contributed by atoms with Crippen molar-refractivity contribution in [3.05, 3.63) is 71.2 Å². The Bertz CT molecular complexity index is 2060. The van der Waals surface area contributed by atoms with E-state index in [4.69, 9.17) is 25.2 Å². The summed E-state index contributed by atoms with van der Waals surface area (Å²) in [5.41, 5.74) is 10.4. The summed E-state index contributed by atoms with van der Waals surface area (Å²) in [4.78, 5) is 47.3. The Hall–Kier alpha value is -4.79. The number of nitrogens with zero attached hydrogens (tertiary/aromatic N) is 7. The van der Waals surface area contributed by atoms with Gasteiger partial charge in [-0.05, 0) is 62.9 Å². The van der Waals surface area contributed by atoms with Gasteiger partial charge in [0.05, 0.1) is 41.4 Å². The number of ether oxygens (including phenoxy) is 2. The molecule has 3 N–H and O–H groups in total. The highest BCUT2D eigenvalue weighted by molar-refractivity contribution is 5.98. The Morgan fingerprint density at radius 3 is 2.72 bits per heavy atom. The van der Waals surface area contributed by atoms with Crippen LogP contribution in [-0.2, 0) is 29.0 Å². The molecule has 4 aromatic heterocycles. The zero-order valence-corrected chi connectivity index (χ0v) is 28.6. The number of hydrogen-bond donors (Lipinski definition) is 2. The van der Waals surface area contributed by atoms with E-state index < -0.39 is 11.9 Å². The molecule has 13 nitrogen and oxygen atoms in total. The third-order valence-electron chi connectivity index (χ3n) is 9.81. The fraction of sp³-hybridized carbons (Fsp3) is 0.444. The fourth-order valence-corrected chi connectivity index (χ4v) is 7.17. The molecule has 5 aromatic rings. The van der Waals surface area contributed by atoms with Crippen molar-refractivity contribution in [1.82, 2.24) is 39.3 Å². The lowest BCUT2D eigenvalue weighted by molar-refractivity contribution is 0.0227. The molecule has 6 heterocycles. The topological polar surface area (TPSA) is 155 Å². The molecule has 2 bridgehead atoms. The van der Waals surface area contributed by atoms with Crippen molar-refractivity contribution in [1.29, 1.82) is 0 Å². The molecule has 262 valence electrons. The first-order valence-electron chi connectivity index (χ1n) is 17.1. The number of nitrogens with two attached hydrogens (primary N) is 1. The zero-order chi connectivity index (χ0) is 34.9. The number of aromatic nitrogens is 6. The Kier molecular flexibility index (Phi) is 9.58. The number of likely N-dealkylation sites (tertiary alicyclic amines) is 1. The van der Waals surface area contributed by atoms with Crippen LogP contribution in [0.3, 0.4) is 0 Å². The van der Waals surface area contributed by atoms with Crippen LogP contribution in [0.4, 0.5) is 4.39 Å². The molecular weight excluding hydrogens is 641 g/mol. The predicted molar refractivity (Wildman–Crippen MR) is 185 cm³/mol. The van der Waals surface area contributed by atoms with E-state index in [1.807, 2.05) is 29.7 Å². The van der Waals surface area contributed by atoms with Gasteiger partial charge < -0.3 is 34.6 Å². The van der Waals surface area contributed by atoms with Crippen LogP contribution in [0.2, 0.25) is 0 Å². The van der Waals surface area contributed by atoms with Gasteiger partial charge in [-0.15, -0.1) is 0 Å². The highest BCUT2D eigenvalue weighted by Gasteiger charge is 2.31. The van der Waals surface area contributed by atoms with E-state index in [9.17, 15) is 9.59 Å². The number of imidazole rings is 1. The summed E-state index contributed by atoms with van der Waals surface area (Å²) in [5, 5.41) is 3.93. The van der Waals surface area contributed by atoms with E-state index in [0.717, 1.165) is 36.0 Å². The second-order valence-electron chi connectivity index (χ2n) is 13.1. The van der Waals surface area contributed by atoms with Gasteiger partial charge in [-0.25, -0.2) is 19.3 Å². The number of rotatable bonds is 6. The van der Waals surface area contributed by atoms with Crippen LogP contribution in [0.25, 0.3) is 33.6 Å². The summed E-state index contributed by atoms with van der Waals surface area (Å²) in [6, 6.07) is 8.13. The third-order valence-corrected chi connectivity index (χ3v) is 9.81. The van der Waals surface area contributed by atoms with Crippen molar-refractivity contribution < 1.29 is 23.5 Å². The van der Waals surface area contributed by atoms with Crippen molar-refractivity contribution in [2.24, 2.45) is 5.73 Å². The smallest absolute Gasteiger partial charge is 0.272 e. The summed E-state index contributed by atoms with van der Waals surface area (Å²) in [6.45, 7) is 3.99. The summed E-state index contributed by atoms with van der Waals surface area (Å²) >= 11 is 0. The monoisotopic (exact) mass is 683 g/mol. The Balaban J connectivity index is 1.30. The number of methoxy groups -OCH3 is 2. The number of nitrogens with one attached hydrogen (secondary N) is 1. The summed E-state index contributed by atoms with van der Waals surface area (Å²) in [5.74, 6) is -0.570. The molecule has 1 aromatic carbocycles. The van der Waals surface area contributed by atoms with Crippen LogP contribution in [-0.4, -0.2) is 91.8 Å². The largest absolute Gasteiger partial charge is 0.383 e. The second kappa shape index (κ2) is 14.2. The number of aryl methyl sites for hydroxylation is 2. The Morgan fingerprint density at radius 2 is 1.92 bits per heavy atom. The number of benzene rings is 1. The van der Waals surface area contributed by atoms with E-state index in [1.165, 1.54) is 12.3 Å². The van der Waals surface area contributed by atoms with E-state index in [1.54, 1.807) is 31.4 Å². The van der Waals surface area contributed by atoms with Crippen LogP contribution in [0, 0.1) is 5.82 Å². The molecule has 1 fully saturated rings. The van der Waals surface area contributed by atoms with Crippen molar-refractivity contribution in [2.75, 3.05) is 33.9 Å². The number of fused-ring (bicyclic) bond motifs is 3. The highest BCUT2D eigenvalue weighted by atomic mass is 19.1. The van der Waals surface area contributed by atoms with E-state index >= 15 is 4.39 Å². The first-order valence-corrected chi connectivity index (χ1v) is 17.1. The normalized spacial score (nSPS) is 20.2. The van der Waals surface area contributed by atoms with Crippen LogP contribution in [0.1, 0.15) is 70.9 Å². The van der Waals surface area contributed by atoms with Gasteiger partial charge >= 0.3 is 0 Å². The molecule has 14 heteroatoms. The number of carbonyl (C=O) groups excluding carboxylic acids is 2. The standard InChI is InChI=1S/C36H42FN9O4/c1-21-26-9-8-22-19-29(45(33(22)42-26)13-6-4-5-7-27-31(35(47)41-21)40-12-11-39-27)34-43-28-18-23(17-24(37)32(28)46(34)15-16-49-2)36(48)44-14-10-30(50-3)25(38)20-44/h8-9,11-12,17-19,21,25,30H,4-7,10,13-16,20,38H2,1-3H3,(H,41,47)/t21-,25+,30-/m1/s1. The zero-order valence-electron chi connectivity index (χ0n) is 28.6. The minimum atomic E-state index is -0.540. The van der Waals surface area contributed by atoms with Crippen LogP contribution >= 0.6 is 0 Å². The molecule has 50 heavy (non-hydrogen) atoms. The molecule has 0 saturated carbocycles. The Morgan fingerprint density at radius 1 is 1.08 bits per heavy atom. The molecule has 0 radical (unpaired) electrons. The van der Waals surface area contributed by atoms with Gasteiger partial charge in [-0.3, -0.25) is 14.6 Å². The predicted octanol–water partition coefficient (Wildman–Crippen LogP) is 4.03. The number of hydrogen-bond acceptors (Lipinski definition) is 9. The summed E-state index contributed by atoms with van der Waals surface area (Å²) < 4.78 is 31.0. The van der Waals surface area contributed by atoms with Gasteiger partial charge in [-0.1, -0.05) is 6.42 Å². The second-order valence-corrected chi connectivity index (χ2v) is 13.1. The van der Waals surface area contributed by atoms with E-state index in [0.29, 0.717) is 79.6 Å². The van der Waals surface area contributed by atoms with Gasteiger partial charge in [0.15, 0.2) is 5.82 Å². The van der Waals surface area contributed by atoms with Gasteiger partial charge in [0.2, 0.25) is 0 Å². The van der Waals surface area contributed by atoms with E-state index in [-0.39, 0.29) is 29.5 Å². The van der Waals surface area contributed by atoms with Gasteiger partial charge in [0.25, 0.3) is 11.8 Å². The maximum absolute atomic E-state index is 16.2. The fourth-order valence-electron chi connectivity index (χ4n) is 7.17. The number of piperidine rings is 1. The average molecular weight is 684 g/mol. The molecule has 0 unspecified atom stereocenters. The molecule has 2 aliphatic heterocycles. The minimum Gasteiger partial charge on any atom is -0.383 e. The lowest BCUT2D eigenvalue weighted by Crippen LogP contribution is -2.53. The van der Waals surface area contributed by atoms with Crippen molar-refractivity contribution in [2.45, 2.75) is 70.3 Å². The minimum absolute atomic E-state index is 0.126. The molecular formula is C36H42FN9O4. The number of carbonyl (C=O) groups is 2. The van der Waals surface area contributed by atoms with Crippen LogP contribution < -0.4 is 11.1 Å².